The Morgan fingerprint density at radius 3 is 3.09 bits per heavy atom. The van der Waals surface area contributed by atoms with Crippen LogP contribution in [0.3, 0.4) is 0 Å². The number of anilines is 1. The SMILES string of the molecule is CS(=O)(=O)N1CCC[C@@H](NC(=O)Nc2cnc3[nH]ccc3n2)C1. The van der Waals surface area contributed by atoms with Gasteiger partial charge in [0.2, 0.25) is 10.0 Å². The third-order valence-electron chi connectivity index (χ3n) is 3.69. The van der Waals surface area contributed by atoms with Crippen molar-refractivity contribution in [1.29, 1.82) is 0 Å². The monoisotopic (exact) mass is 338 g/mol. The maximum Gasteiger partial charge on any atom is 0.320 e. The van der Waals surface area contributed by atoms with Gasteiger partial charge in [0.1, 0.15) is 5.52 Å². The van der Waals surface area contributed by atoms with Gasteiger partial charge in [-0.2, -0.15) is 0 Å². The molecule has 0 unspecified atom stereocenters. The number of H-pyrrole nitrogens is 1. The van der Waals surface area contributed by atoms with E-state index in [2.05, 4.69) is 25.6 Å². The minimum atomic E-state index is -3.24. The van der Waals surface area contributed by atoms with Crippen molar-refractivity contribution >= 4 is 33.0 Å². The van der Waals surface area contributed by atoms with Crippen molar-refractivity contribution < 1.29 is 13.2 Å². The van der Waals surface area contributed by atoms with Gasteiger partial charge in [-0.15, -0.1) is 0 Å². The van der Waals surface area contributed by atoms with Crippen LogP contribution in [0.1, 0.15) is 12.8 Å². The number of carbonyl (C=O) groups is 1. The molecule has 0 radical (unpaired) electrons. The second-order valence-electron chi connectivity index (χ2n) is 5.53. The molecule has 1 aliphatic heterocycles. The van der Waals surface area contributed by atoms with Gasteiger partial charge in [-0.1, -0.05) is 0 Å². The lowest BCUT2D eigenvalue weighted by Crippen LogP contribution is -2.50. The average molecular weight is 338 g/mol. The number of piperidine rings is 1. The quantitative estimate of drug-likeness (QED) is 0.753. The molecule has 2 aromatic heterocycles. The molecule has 1 saturated heterocycles. The molecule has 0 saturated carbocycles. The van der Waals surface area contributed by atoms with Gasteiger partial charge in [0.25, 0.3) is 0 Å². The minimum absolute atomic E-state index is 0.220. The highest BCUT2D eigenvalue weighted by atomic mass is 32.2. The number of sulfonamides is 1. The van der Waals surface area contributed by atoms with Gasteiger partial charge in [-0.25, -0.2) is 27.5 Å². The van der Waals surface area contributed by atoms with E-state index in [1.165, 1.54) is 16.8 Å². The zero-order chi connectivity index (χ0) is 16.4. The minimum Gasteiger partial charge on any atom is -0.345 e. The fourth-order valence-corrected chi connectivity index (χ4v) is 3.50. The molecule has 23 heavy (non-hydrogen) atoms. The first kappa shape index (κ1) is 15.7. The predicted octanol–water partition coefficient (Wildman–Crippen LogP) is 0.503. The third-order valence-corrected chi connectivity index (χ3v) is 4.96. The standard InChI is InChI=1S/C13H18N6O3S/c1-23(21,22)19-6-2-3-9(8-19)16-13(20)18-11-7-15-12-10(17-11)4-5-14-12/h4-5,7,9H,2-3,6,8H2,1H3,(H,14,15)(H2,16,17,18,20)/t9-/m1/s1. The summed E-state index contributed by atoms with van der Waals surface area (Å²) in [6.07, 6.45) is 5.81. The van der Waals surface area contributed by atoms with E-state index in [4.69, 9.17) is 0 Å². The van der Waals surface area contributed by atoms with Crippen LogP contribution in [0.5, 0.6) is 0 Å². The van der Waals surface area contributed by atoms with Crippen LogP contribution in [-0.2, 0) is 10.0 Å². The van der Waals surface area contributed by atoms with Gasteiger partial charge in [0, 0.05) is 25.3 Å². The molecule has 0 spiro atoms. The first-order valence-electron chi connectivity index (χ1n) is 7.24. The number of fused-ring (bicyclic) bond motifs is 1. The normalized spacial score (nSPS) is 19.6. The molecule has 2 aromatic rings. The highest BCUT2D eigenvalue weighted by Crippen LogP contribution is 2.14. The van der Waals surface area contributed by atoms with Gasteiger partial charge in [-0.05, 0) is 18.9 Å². The van der Waals surface area contributed by atoms with E-state index in [-0.39, 0.29) is 12.6 Å². The Morgan fingerprint density at radius 2 is 2.30 bits per heavy atom. The van der Waals surface area contributed by atoms with E-state index < -0.39 is 16.1 Å². The van der Waals surface area contributed by atoms with Crippen LogP contribution in [0.2, 0.25) is 0 Å². The van der Waals surface area contributed by atoms with Crippen LogP contribution in [0.25, 0.3) is 11.2 Å². The average Bonchev–Trinajstić information content (AvgIpc) is 2.94. The molecule has 0 bridgehead atoms. The van der Waals surface area contributed by atoms with Crippen LogP contribution in [-0.4, -0.2) is 59.1 Å². The van der Waals surface area contributed by atoms with Gasteiger partial charge in [0.05, 0.1) is 12.5 Å². The van der Waals surface area contributed by atoms with Crippen molar-refractivity contribution in [3.8, 4) is 0 Å². The van der Waals surface area contributed by atoms with Crippen molar-refractivity contribution in [2.45, 2.75) is 18.9 Å². The lowest BCUT2D eigenvalue weighted by atomic mass is 10.1. The molecular weight excluding hydrogens is 320 g/mol. The van der Waals surface area contributed by atoms with E-state index in [1.807, 2.05) is 0 Å². The van der Waals surface area contributed by atoms with Crippen molar-refractivity contribution in [3.05, 3.63) is 18.5 Å². The predicted molar refractivity (Wildman–Crippen MR) is 85.5 cm³/mol. The molecule has 3 heterocycles. The summed E-state index contributed by atoms with van der Waals surface area (Å²) in [5.74, 6) is 0.338. The Hall–Kier alpha value is -2.20. The van der Waals surface area contributed by atoms with E-state index in [1.54, 1.807) is 12.3 Å². The molecule has 3 rings (SSSR count). The highest BCUT2D eigenvalue weighted by Gasteiger charge is 2.26. The maximum atomic E-state index is 12.0. The lowest BCUT2D eigenvalue weighted by molar-refractivity contribution is 0.236. The number of urea groups is 1. The Labute approximate surface area is 133 Å². The fourth-order valence-electron chi connectivity index (χ4n) is 2.59. The summed E-state index contributed by atoms with van der Waals surface area (Å²) in [6, 6.07) is 1.12. The number of hydrogen-bond acceptors (Lipinski definition) is 5. The third kappa shape index (κ3) is 3.77. The molecule has 1 aliphatic rings. The second-order valence-corrected chi connectivity index (χ2v) is 7.51. The van der Waals surface area contributed by atoms with Crippen molar-refractivity contribution in [1.82, 2.24) is 24.6 Å². The largest absolute Gasteiger partial charge is 0.345 e. The molecule has 0 aliphatic carbocycles. The van der Waals surface area contributed by atoms with Crippen molar-refractivity contribution in [3.63, 3.8) is 0 Å². The number of amides is 2. The molecule has 0 aromatic carbocycles. The Kier molecular flexibility index (Phi) is 4.18. The van der Waals surface area contributed by atoms with E-state index in [9.17, 15) is 13.2 Å². The lowest BCUT2D eigenvalue weighted by Gasteiger charge is -2.31. The fraction of sp³-hybridized carbons (Fsp3) is 0.462. The van der Waals surface area contributed by atoms with Crippen molar-refractivity contribution in [2.75, 3.05) is 24.7 Å². The molecule has 10 heteroatoms. The molecule has 9 nitrogen and oxygen atoms in total. The summed E-state index contributed by atoms with van der Waals surface area (Å²) in [4.78, 5) is 23.4. The summed E-state index contributed by atoms with van der Waals surface area (Å²) in [7, 11) is -3.24. The number of rotatable bonds is 3. The number of aromatic nitrogens is 3. The first-order chi connectivity index (χ1) is 10.9. The number of nitrogens with one attached hydrogen (secondary N) is 3. The molecule has 124 valence electrons. The van der Waals surface area contributed by atoms with Crippen LogP contribution >= 0.6 is 0 Å². The summed E-state index contributed by atoms with van der Waals surface area (Å²) in [5, 5.41) is 5.40. The number of nitrogens with zero attached hydrogens (tertiary/aromatic N) is 3. The Morgan fingerprint density at radius 1 is 1.48 bits per heavy atom. The zero-order valence-electron chi connectivity index (χ0n) is 12.6. The Balaban J connectivity index is 1.60. The van der Waals surface area contributed by atoms with Crippen LogP contribution in [0.15, 0.2) is 18.5 Å². The summed E-state index contributed by atoms with van der Waals surface area (Å²) >= 11 is 0. The van der Waals surface area contributed by atoms with E-state index >= 15 is 0 Å². The molecule has 3 N–H and O–H groups in total. The molecular formula is C13H18N6O3S. The number of hydrogen-bond donors (Lipinski definition) is 3. The second kappa shape index (κ2) is 6.13. The van der Waals surface area contributed by atoms with Gasteiger partial charge in [0.15, 0.2) is 11.5 Å². The van der Waals surface area contributed by atoms with E-state index in [0.29, 0.717) is 29.9 Å². The zero-order valence-corrected chi connectivity index (χ0v) is 13.4. The highest BCUT2D eigenvalue weighted by molar-refractivity contribution is 7.88. The van der Waals surface area contributed by atoms with Gasteiger partial charge >= 0.3 is 6.03 Å². The van der Waals surface area contributed by atoms with Crippen LogP contribution in [0.4, 0.5) is 10.6 Å². The number of aromatic amines is 1. The maximum absolute atomic E-state index is 12.0. The molecule has 1 atom stereocenters. The summed E-state index contributed by atoms with van der Waals surface area (Å²) in [5.41, 5.74) is 1.30. The van der Waals surface area contributed by atoms with Gasteiger partial charge < -0.3 is 10.3 Å². The van der Waals surface area contributed by atoms with Crippen molar-refractivity contribution in [2.24, 2.45) is 0 Å². The van der Waals surface area contributed by atoms with E-state index in [0.717, 1.165) is 6.42 Å². The first-order valence-corrected chi connectivity index (χ1v) is 9.09. The van der Waals surface area contributed by atoms with Crippen LogP contribution < -0.4 is 10.6 Å². The van der Waals surface area contributed by atoms with Crippen LogP contribution in [0, 0.1) is 0 Å². The van der Waals surface area contributed by atoms with Gasteiger partial charge in [-0.3, -0.25) is 5.32 Å². The molecule has 1 fully saturated rings. The smallest absolute Gasteiger partial charge is 0.320 e. The number of carbonyl (C=O) groups excluding carboxylic acids is 1. The summed E-state index contributed by atoms with van der Waals surface area (Å²) in [6.45, 7) is 0.781. The Bertz CT molecular complexity index is 818. The molecule has 2 amide bonds. The summed E-state index contributed by atoms with van der Waals surface area (Å²) < 4.78 is 24.6. The topological polar surface area (TPSA) is 120 Å².